The highest BCUT2D eigenvalue weighted by molar-refractivity contribution is 6.30. The van der Waals surface area contributed by atoms with E-state index in [-0.39, 0.29) is 0 Å². The molecule has 2 aromatic carbocycles. The van der Waals surface area contributed by atoms with Gasteiger partial charge in [-0.25, -0.2) is 0 Å². The van der Waals surface area contributed by atoms with E-state index in [9.17, 15) is 0 Å². The maximum atomic E-state index is 6.19. The minimum atomic E-state index is 0.557. The zero-order valence-electron chi connectivity index (χ0n) is 12.0. The van der Waals surface area contributed by atoms with Crippen LogP contribution in [-0.4, -0.2) is 0 Å². The molecule has 0 radical (unpaired) electrons. The molecular formula is C18H20ClNO. The number of benzene rings is 2. The van der Waals surface area contributed by atoms with Crippen LogP contribution in [0.15, 0.2) is 42.5 Å². The Bertz CT molecular complexity index is 603. The third-order valence-electron chi connectivity index (χ3n) is 4.12. The molecule has 110 valence electrons. The second kappa shape index (κ2) is 6.40. The van der Waals surface area contributed by atoms with Gasteiger partial charge in [-0.15, -0.1) is 0 Å². The molecule has 0 aromatic heterocycles. The normalized spacial score (nSPS) is 15.9. The molecule has 1 aliphatic rings. The molecule has 2 aromatic rings. The van der Waals surface area contributed by atoms with Crippen LogP contribution in [-0.2, 0) is 0 Å². The summed E-state index contributed by atoms with van der Waals surface area (Å²) in [6.07, 6.45) is 6.36. The third-order valence-corrected chi connectivity index (χ3v) is 4.36. The van der Waals surface area contributed by atoms with Crippen LogP contribution < -0.4 is 10.5 Å². The zero-order valence-corrected chi connectivity index (χ0v) is 12.8. The zero-order chi connectivity index (χ0) is 14.7. The van der Waals surface area contributed by atoms with Crippen molar-refractivity contribution in [2.75, 3.05) is 5.73 Å². The van der Waals surface area contributed by atoms with Gasteiger partial charge in [-0.1, -0.05) is 30.9 Å². The molecule has 0 atom stereocenters. The fourth-order valence-electron chi connectivity index (χ4n) is 3.01. The summed E-state index contributed by atoms with van der Waals surface area (Å²) in [6, 6.07) is 13.4. The number of hydrogen-bond donors (Lipinski definition) is 1. The maximum Gasteiger partial charge on any atom is 0.131 e. The molecule has 3 heteroatoms. The Kier molecular flexibility index (Phi) is 4.35. The van der Waals surface area contributed by atoms with Gasteiger partial charge in [0.15, 0.2) is 0 Å². The molecule has 2 N–H and O–H groups in total. The molecule has 0 bridgehead atoms. The average Bonchev–Trinajstić information content (AvgIpc) is 2.52. The van der Waals surface area contributed by atoms with Gasteiger partial charge in [-0.05, 0) is 66.8 Å². The topological polar surface area (TPSA) is 35.2 Å². The summed E-state index contributed by atoms with van der Waals surface area (Å²) in [4.78, 5) is 0. The molecule has 0 saturated heterocycles. The third kappa shape index (κ3) is 3.51. The van der Waals surface area contributed by atoms with Crippen LogP contribution in [0, 0.1) is 0 Å². The van der Waals surface area contributed by atoms with Crippen LogP contribution in [0.25, 0.3) is 0 Å². The molecule has 1 saturated carbocycles. The lowest BCUT2D eigenvalue weighted by molar-refractivity contribution is 0.419. The van der Waals surface area contributed by atoms with E-state index in [0.717, 1.165) is 22.2 Å². The van der Waals surface area contributed by atoms with Crippen LogP contribution >= 0.6 is 11.6 Å². The molecule has 1 aliphatic carbocycles. The monoisotopic (exact) mass is 301 g/mol. The maximum absolute atomic E-state index is 6.19. The number of anilines is 1. The minimum Gasteiger partial charge on any atom is -0.457 e. The lowest BCUT2D eigenvalue weighted by atomic mass is 9.84. The van der Waals surface area contributed by atoms with E-state index in [4.69, 9.17) is 22.1 Å². The minimum absolute atomic E-state index is 0.557. The van der Waals surface area contributed by atoms with E-state index in [1.807, 2.05) is 36.4 Å². The fourth-order valence-corrected chi connectivity index (χ4v) is 3.19. The van der Waals surface area contributed by atoms with Gasteiger partial charge in [0.1, 0.15) is 11.5 Å². The Morgan fingerprint density at radius 2 is 1.67 bits per heavy atom. The molecular weight excluding hydrogens is 282 g/mol. The van der Waals surface area contributed by atoms with Crippen molar-refractivity contribution >= 4 is 17.3 Å². The Balaban J connectivity index is 1.88. The Morgan fingerprint density at radius 3 is 2.38 bits per heavy atom. The number of nitrogens with two attached hydrogens (primary N) is 1. The van der Waals surface area contributed by atoms with Crippen molar-refractivity contribution in [3.63, 3.8) is 0 Å². The highest BCUT2D eigenvalue weighted by Gasteiger charge is 2.20. The second-order valence-corrected chi connectivity index (χ2v) is 6.12. The quantitative estimate of drug-likeness (QED) is 0.731. The van der Waals surface area contributed by atoms with Crippen molar-refractivity contribution in [3.05, 3.63) is 53.1 Å². The Labute approximate surface area is 130 Å². The van der Waals surface area contributed by atoms with Gasteiger partial charge in [-0.2, -0.15) is 0 Å². The van der Waals surface area contributed by atoms with Crippen molar-refractivity contribution in [2.24, 2.45) is 0 Å². The molecule has 0 aliphatic heterocycles. The van der Waals surface area contributed by atoms with E-state index < -0.39 is 0 Å². The van der Waals surface area contributed by atoms with Gasteiger partial charge in [0, 0.05) is 10.7 Å². The first-order valence-electron chi connectivity index (χ1n) is 7.55. The summed E-state index contributed by atoms with van der Waals surface area (Å²) in [5, 5.41) is 0.778. The van der Waals surface area contributed by atoms with E-state index in [1.54, 1.807) is 0 Å². The van der Waals surface area contributed by atoms with Gasteiger partial charge in [0.25, 0.3) is 0 Å². The Morgan fingerprint density at radius 1 is 0.952 bits per heavy atom. The molecule has 3 rings (SSSR count). The van der Waals surface area contributed by atoms with Crippen molar-refractivity contribution in [1.82, 2.24) is 0 Å². The van der Waals surface area contributed by atoms with Crippen molar-refractivity contribution in [3.8, 4) is 11.5 Å². The summed E-state index contributed by atoms with van der Waals surface area (Å²) in [6.45, 7) is 0. The first kappa shape index (κ1) is 14.3. The predicted molar refractivity (Wildman–Crippen MR) is 88.2 cm³/mol. The van der Waals surface area contributed by atoms with Crippen molar-refractivity contribution in [1.29, 1.82) is 0 Å². The number of hydrogen-bond acceptors (Lipinski definition) is 2. The highest BCUT2D eigenvalue weighted by atomic mass is 35.5. The first-order chi connectivity index (χ1) is 10.2. The first-order valence-corrected chi connectivity index (χ1v) is 7.93. The molecule has 0 amide bonds. The summed E-state index contributed by atoms with van der Waals surface area (Å²) in [5.74, 6) is 2.28. The standard InChI is InChI=1S/C18H20ClNO/c19-14-6-11-18(21-16-9-7-15(20)8-10-16)17(12-14)13-4-2-1-3-5-13/h6-13H,1-5,20H2. The molecule has 21 heavy (non-hydrogen) atoms. The average molecular weight is 302 g/mol. The van der Waals surface area contributed by atoms with Crippen molar-refractivity contribution in [2.45, 2.75) is 38.0 Å². The molecule has 0 unspecified atom stereocenters. The number of rotatable bonds is 3. The molecule has 2 nitrogen and oxygen atoms in total. The summed E-state index contributed by atoms with van der Waals surface area (Å²) in [5.41, 5.74) is 7.69. The van der Waals surface area contributed by atoms with Gasteiger partial charge in [-0.3, -0.25) is 0 Å². The van der Waals surface area contributed by atoms with E-state index >= 15 is 0 Å². The largest absolute Gasteiger partial charge is 0.457 e. The number of halogens is 1. The van der Waals surface area contributed by atoms with E-state index in [0.29, 0.717) is 5.92 Å². The SMILES string of the molecule is Nc1ccc(Oc2ccc(Cl)cc2C2CCCCC2)cc1. The van der Waals surface area contributed by atoms with Gasteiger partial charge in [0.05, 0.1) is 0 Å². The van der Waals surface area contributed by atoms with Crippen molar-refractivity contribution < 1.29 is 4.74 Å². The van der Waals surface area contributed by atoms with Gasteiger partial charge >= 0.3 is 0 Å². The fraction of sp³-hybridized carbons (Fsp3) is 0.333. The van der Waals surface area contributed by atoms with Crippen LogP contribution in [0.4, 0.5) is 5.69 Å². The van der Waals surface area contributed by atoms with E-state index in [2.05, 4.69) is 6.07 Å². The highest BCUT2D eigenvalue weighted by Crippen LogP contribution is 2.40. The summed E-state index contributed by atoms with van der Waals surface area (Å²) in [7, 11) is 0. The molecule has 0 spiro atoms. The lowest BCUT2D eigenvalue weighted by Crippen LogP contribution is -2.06. The second-order valence-electron chi connectivity index (χ2n) is 5.69. The Hall–Kier alpha value is -1.67. The van der Waals surface area contributed by atoms with E-state index in [1.165, 1.54) is 37.7 Å². The lowest BCUT2D eigenvalue weighted by Gasteiger charge is -2.24. The summed E-state index contributed by atoms with van der Waals surface area (Å²) >= 11 is 6.19. The predicted octanol–water partition coefficient (Wildman–Crippen LogP) is 5.76. The van der Waals surface area contributed by atoms with Crippen LogP contribution in [0.5, 0.6) is 11.5 Å². The van der Waals surface area contributed by atoms with Crippen LogP contribution in [0.1, 0.15) is 43.6 Å². The number of nitrogen functional groups attached to an aromatic ring is 1. The van der Waals surface area contributed by atoms with Crippen LogP contribution in [0.3, 0.4) is 0 Å². The van der Waals surface area contributed by atoms with Gasteiger partial charge in [0.2, 0.25) is 0 Å². The van der Waals surface area contributed by atoms with Crippen LogP contribution in [0.2, 0.25) is 5.02 Å². The number of ether oxygens (including phenoxy) is 1. The summed E-state index contributed by atoms with van der Waals surface area (Å²) < 4.78 is 6.06. The van der Waals surface area contributed by atoms with Gasteiger partial charge < -0.3 is 10.5 Å². The molecule has 1 fully saturated rings. The molecule has 0 heterocycles. The smallest absolute Gasteiger partial charge is 0.131 e.